The number of rotatable bonds is 3. The molecule has 3 rings (SSSR count). The fraction of sp³-hybridized carbons (Fsp3) is 0.375. The first-order valence-electron chi connectivity index (χ1n) is 7.30. The van der Waals surface area contributed by atoms with Crippen LogP contribution in [0.3, 0.4) is 0 Å². The maximum absolute atomic E-state index is 5.82. The molecule has 0 amide bonds. The van der Waals surface area contributed by atoms with E-state index in [1.807, 2.05) is 18.2 Å². The number of nitrogens with zero attached hydrogens (tertiary/aromatic N) is 3. The van der Waals surface area contributed by atoms with E-state index in [9.17, 15) is 0 Å². The lowest BCUT2D eigenvalue weighted by molar-refractivity contribution is 0.331. The molecule has 0 atom stereocenters. The van der Waals surface area contributed by atoms with Crippen molar-refractivity contribution in [1.29, 1.82) is 0 Å². The SMILES string of the molecule is CCNc1ncnc(N2CCOc3ccccc3C2)c1C. The minimum absolute atomic E-state index is 0.664. The second kappa shape index (κ2) is 5.99. The van der Waals surface area contributed by atoms with Crippen LogP contribution >= 0.6 is 0 Å². The summed E-state index contributed by atoms with van der Waals surface area (Å²) in [5.74, 6) is 2.85. The Kier molecular flexibility index (Phi) is 3.90. The number of benzene rings is 1. The number of hydrogen-bond donors (Lipinski definition) is 1. The predicted molar refractivity (Wildman–Crippen MR) is 83.9 cm³/mol. The summed E-state index contributed by atoms with van der Waals surface area (Å²) >= 11 is 0. The highest BCUT2D eigenvalue weighted by Gasteiger charge is 2.19. The van der Waals surface area contributed by atoms with Crippen LogP contribution in [0, 0.1) is 6.92 Å². The molecule has 0 unspecified atom stereocenters. The quantitative estimate of drug-likeness (QED) is 0.939. The smallest absolute Gasteiger partial charge is 0.137 e. The van der Waals surface area contributed by atoms with Gasteiger partial charge in [-0.25, -0.2) is 9.97 Å². The molecule has 1 aromatic heterocycles. The second-order valence-corrected chi connectivity index (χ2v) is 5.08. The van der Waals surface area contributed by atoms with E-state index in [4.69, 9.17) is 4.74 Å². The van der Waals surface area contributed by atoms with Crippen molar-refractivity contribution in [2.75, 3.05) is 29.9 Å². The van der Waals surface area contributed by atoms with E-state index in [1.54, 1.807) is 6.33 Å². The maximum Gasteiger partial charge on any atom is 0.137 e. The van der Waals surface area contributed by atoms with E-state index < -0.39 is 0 Å². The Morgan fingerprint density at radius 2 is 2.14 bits per heavy atom. The van der Waals surface area contributed by atoms with Crippen molar-refractivity contribution in [3.05, 3.63) is 41.7 Å². The Hall–Kier alpha value is -2.30. The van der Waals surface area contributed by atoms with E-state index in [-0.39, 0.29) is 0 Å². The minimum atomic E-state index is 0.664. The Bertz CT molecular complexity index is 629. The van der Waals surface area contributed by atoms with E-state index in [2.05, 4.69) is 40.1 Å². The molecule has 0 saturated heterocycles. The van der Waals surface area contributed by atoms with Crippen LogP contribution in [-0.4, -0.2) is 29.7 Å². The molecule has 0 saturated carbocycles. The monoisotopic (exact) mass is 284 g/mol. The molecular weight excluding hydrogens is 264 g/mol. The Labute approximate surface area is 125 Å². The van der Waals surface area contributed by atoms with Gasteiger partial charge in [-0.3, -0.25) is 0 Å². The van der Waals surface area contributed by atoms with Gasteiger partial charge >= 0.3 is 0 Å². The van der Waals surface area contributed by atoms with Crippen molar-refractivity contribution in [2.24, 2.45) is 0 Å². The highest BCUT2D eigenvalue weighted by atomic mass is 16.5. The second-order valence-electron chi connectivity index (χ2n) is 5.08. The summed E-state index contributed by atoms with van der Waals surface area (Å²) in [6.07, 6.45) is 1.62. The Morgan fingerprint density at radius 3 is 3.00 bits per heavy atom. The number of para-hydroxylation sites is 1. The molecule has 1 aliphatic rings. The van der Waals surface area contributed by atoms with Crippen molar-refractivity contribution >= 4 is 11.6 Å². The Balaban J connectivity index is 1.92. The van der Waals surface area contributed by atoms with Crippen LogP contribution in [0.25, 0.3) is 0 Å². The van der Waals surface area contributed by atoms with Crippen LogP contribution in [0.4, 0.5) is 11.6 Å². The van der Waals surface area contributed by atoms with Gasteiger partial charge in [0.15, 0.2) is 0 Å². The molecule has 0 fully saturated rings. The lowest BCUT2D eigenvalue weighted by Crippen LogP contribution is -2.27. The van der Waals surface area contributed by atoms with Gasteiger partial charge in [0.2, 0.25) is 0 Å². The summed E-state index contributed by atoms with van der Waals surface area (Å²) in [6, 6.07) is 8.18. The molecule has 0 radical (unpaired) electrons. The van der Waals surface area contributed by atoms with E-state index in [0.29, 0.717) is 6.61 Å². The zero-order valence-electron chi connectivity index (χ0n) is 12.5. The zero-order chi connectivity index (χ0) is 14.7. The highest BCUT2D eigenvalue weighted by molar-refractivity contribution is 5.58. The van der Waals surface area contributed by atoms with Crippen LogP contribution in [0.5, 0.6) is 5.75 Å². The summed E-state index contributed by atoms with van der Waals surface area (Å²) in [6.45, 7) is 7.26. The molecular formula is C16H20N4O. The lowest BCUT2D eigenvalue weighted by atomic mass is 10.2. The summed E-state index contributed by atoms with van der Waals surface area (Å²) in [4.78, 5) is 11.0. The number of anilines is 2. The number of aromatic nitrogens is 2. The number of ether oxygens (including phenoxy) is 1. The normalized spacial score (nSPS) is 14.1. The van der Waals surface area contributed by atoms with Crippen molar-refractivity contribution in [3.8, 4) is 5.75 Å². The van der Waals surface area contributed by atoms with Crippen molar-refractivity contribution in [3.63, 3.8) is 0 Å². The molecule has 0 bridgehead atoms. The topological polar surface area (TPSA) is 50.3 Å². The molecule has 0 spiro atoms. The molecule has 2 aromatic rings. The first kappa shape index (κ1) is 13.7. The molecule has 5 nitrogen and oxygen atoms in total. The highest BCUT2D eigenvalue weighted by Crippen LogP contribution is 2.28. The third-order valence-corrected chi connectivity index (χ3v) is 3.65. The van der Waals surface area contributed by atoms with E-state index in [0.717, 1.165) is 42.6 Å². The first-order valence-corrected chi connectivity index (χ1v) is 7.30. The maximum atomic E-state index is 5.82. The number of nitrogens with one attached hydrogen (secondary N) is 1. The van der Waals surface area contributed by atoms with Gasteiger partial charge < -0.3 is 15.0 Å². The van der Waals surface area contributed by atoms with Gasteiger partial charge in [0.05, 0.1) is 6.54 Å². The zero-order valence-corrected chi connectivity index (χ0v) is 12.5. The van der Waals surface area contributed by atoms with E-state index in [1.165, 1.54) is 5.56 Å². The molecule has 2 heterocycles. The average Bonchev–Trinajstić information content (AvgIpc) is 2.72. The van der Waals surface area contributed by atoms with Crippen LogP contribution < -0.4 is 15.0 Å². The number of fused-ring (bicyclic) bond motifs is 1. The van der Waals surface area contributed by atoms with Crippen LogP contribution in [0.1, 0.15) is 18.1 Å². The van der Waals surface area contributed by atoms with Gasteiger partial charge in [-0.1, -0.05) is 18.2 Å². The summed E-state index contributed by atoms with van der Waals surface area (Å²) < 4.78 is 5.82. The van der Waals surface area contributed by atoms with Gasteiger partial charge in [-0.2, -0.15) is 0 Å². The summed E-state index contributed by atoms with van der Waals surface area (Å²) in [5.41, 5.74) is 2.27. The molecule has 0 aliphatic carbocycles. The molecule has 110 valence electrons. The van der Waals surface area contributed by atoms with Gasteiger partial charge in [0.1, 0.15) is 30.3 Å². The molecule has 1 aromatic carbocycles. The standard InChI is InChI=1S/C16H20N4O/c1-3-17-15-12(2)16(19-11-18-15)20-8-9-21-14-7-5-4-6-13(14)10-20/h4-7,11H,3,8-10H2,1-2H3,(H,17,18,19). The minimum Gasteiger partial charge on any atom is -0.491 e. The molecule has 5 heteroatoms. The fourth-order valence-electron chi connectivity index (χ4n) is 2.61. The third-order valence-electron chi connectivity index (χ3n) is 3.65. The summed E-state index contributed by atoms with van der Waals surface area (Å²) in [5, 5.41) is 3.28. The van der Waals surface area contributed by atoms with Crippen molar-refractivity contribution < 1.29 is 4.74 Å². The first-order chi connectivity index (χ1) is 10.3. The summed E-state index contributed by atoms with van der Waals surface area (Å²) in [7, 11) is 0. The van der Waals surface area contributed by atoms with E-state index >= 15 is 0 Å². The van der Waals surface area contributed by atoms with Gasteiger partial charge in [-0.15, -0.1) is 0 Å². The lowest BCUT2D eigenvalue weighted by Gasteiger charge is -2.23. The largest absolute Gasteiger partial charge is 0.491 e. The van der Waals surface area contributed by atoms with Crippen molar-refractivity contribution in [1.82, 2.24) is 9.97 Å². The number of hydrogen-bond acceptors (Lipinski definition) is 5. The fourth-order valence-corrected chi connectivity index (χ4v) is 2.61. The Morgan fingerprint density at radius 1 is 1.29 bits per heavy atom. The van der Waals surface area contributed by atoms with Crippen LogP contribution in [0.2, 0.25) is 0 Å². The predicted octanol–water partition coefficient (Wildman–Crippen LogP) is 2.62. The van der Waals surface area contributed by atoms with Crippen LogP contribution in [0.15, 0.2) is 30.6 Å². The average molecular weight is 284 g/mol. The van der Waals surface area contributed by atoms with Gasteiger partial charge in [0, 0.05) is 24.2 Å². The van der Waals surface area contributed by atoms with Crippen LogP contribution in [-0.2, 0) is 6.54 Å². The van der Waals surface area contributed by atoms with Crippen molar-refractivity contribution in [2.45, 2.75) is 20.4 Å². The molecule has 21 heavy (non-hydrogen) atoms. The third kappa shape index (κ3) is 2.77. The van der Waals surface area contributed by atoms with Gasteiger partial charge in [0.25, 0.3) is 0 Å². The molecule has 1 N–H and O–H groups in total. The molecule has 1 aliphatic heterocycles. The van der Waals surface area contributed by atoms with Gasteiger partial charge in [-0.05, 0) is 19.9 Å².